The molecule has 0 saturated carbocycles. The molecular weight excluding hydrogens is 548 g/mol. The van der Waals surface area contributed by atoms with Crippen molar-refractivity contribution in [3.63, 3.8) is 0 Å². The summed E-state index contributed by atoms with van der Waals surface area (Å²) in [6.07, 6.45) is 4.69. The number of rotatable bonds is 13. The molecule has 0 spiro atoms. The zero-order chi connectivity index (χ0) is 30.8. The average Bonchev–Trinajstić information content (AvgIpc) is 3.00. The Kier molecular flexibility index (Phi) is 10.5. The number of urea groups is 1. The lowest BCUT2D eigenvalue weighted by molar-refractivity contribution is -0.181. The fourth-order valence-electron chi connectivity index (χ4n) is 5.43. The molecule has 1 aliphatic rings. The topological polar surface area (TPSA) is 138 Å². The van der Waals surface area contributed by atoms with Crippen LogP contribution < -0.4 is 10.6 Å². The minimum Gasteiger partial charge on any atom is -0.479 e. The van der Waals surface area contributed by atoms with E-state index in [1.54, 1.807) is 43.3 Å². The van der Waals surface area contributed by atoms with Crippen molar-refractivity contribution >= 4 is 29.8 Å². The van der Waals surface area contributed by atoms with Crippen LogP contribution in [0.15, 0.2) is 79.0 Å². The molecule has 4 amide bonds. The Morgan fingerprint density at radius 1 is 1.00 bits per heavy atom. The van der Waals surface area contributed by atoms with Gasteiger partial charge in [-0.3, -0.25) is 10.1 Å². The summed E-state index contributed by atoms with van der Waals surface area (Å²) in [5.74, 6) is -2.68. The highest BCUT2D eigenvalue weighted by molar-refractivity contribution is 6.10. The molecule has 3 aromatic rings. The van der Waals surface area contributed by atoms with Crippen LogP contribution in [0.3, 0.4) is 0 Å². The van der Waals surface area contributed by atoms with Gasteiger partial charge in [0.05, 0.1) is 18.6 Å². The van der Waals surface area contributed by atoms with Crippen LogP contribution in [-0.2, 0) is 27.2 Å². The Morgan fingerprint density at radius 2 is 1.70 bits per heavy atom. The molecule has 2 heterocycles. The summed E-state index contributed by atoms with van der Waals surface area (Å²) in [5.41, 5.74) is 0.256. The van der Waals surface area contributed by atoms with Gasteiger partial charge < -0.3 is 15.2 Å². The quantitative estimate of drug-likeness (QED) is 0.171. The summed E-state index contributed by atoms with van der Waals surface area (Å²) in [4.78, 5) is 57.4. The zero-order valence-corrected chi connectivity index (χ0v) is 24.5. The van der Waals surface area contributed by atoms with Crippen molar-refractivity contribution in [2.45, 2.75) is 64.0 Å². The maximum atomic E-state index is 13.6. The number of pyridine rings is 1. The van der Waals surface area contributed by atoms with Crippen LogP contribution in [0.25, 0.3) is 0 Å². The number of hydrogen-bond acceptors (Lipinski definition) is 6. The van der Waals surface area contributed by atoms with Gasteiger partial charge in [-0.1, -0.05) is 86.8 Å². The van der Waals surface area contributed by atoms with Crippen molar-refractivity contribution in [3.05, 3.63) is 95.7 Å². The number of hydrogen-bond donors (Lipinski definition) is 3. The number of carbonyl (C=O) groups excluding carboxylic acids is 3. The number of nitrogens with zero attached hydrogens (tertiary/aromatic N) is 2. The number of carboxylic acids is 1. The molecule has 4 rings (SSSR count). The number of likely N-dealkylation sites (tertiary alicyclic amines) is 1. The summed E-state index contributed by atoms with van der Waals surface area (Å²) in [6.45, 7) is 4.17. The molecule has 1 aliphatic heterocycles. The number of carbonyl (C=O) groups is 4. The molecule has 3 atom stereocenters. The van der Waals surface area contributed by atoms with Crippen molar-refractivity contribution in [1.29, 1.82) is 0 Å². The number of nitrogens with one attached hydrogen (secondary N) is 2. The third kappa shape index (κ3) is 7.38. The van der Waals surface area contributed by atoms with Gasteiger partial charge in [-0.2, -0.15) is 0 Å². The molecule has 43 heavy (non-hydrogen) atoms. The third-order valence-electron chi connectivity index (χ3n) is 7.75. The Morgan fingerprint density at radius 3 is 2.37 bits per heavy atom. The monoisotopic (exact) mass is 586 g/mol. The van der Waals surface area contributed by atoms with Crippen molar-refractivity contribution in [1.82, 2.24) is 15.2 Å². The van der Waals surface area contributed by atoms with Gasteiger partial charge in [0.1, 0.15) is 5.82 Å². The van der Waals surface area contributed by atoms with E-state index in [1.807, 2.05) is 36.4 Å². The molecule has 0 bridgehead atoms. The van der Waals surface area contributed by atoms with Crippen LogP contribution in [0.5, 0.6) is 0 Å². The zero-order valence-electron chi connectivity index (χ0n) is 24.5. The van der Waals surface area contributed by atoms with Crippen LogP contribution in [-0.4, -0.2) is 51.1 Å². The smallest absolute Gasteiger partial charge is 0.412 e. The lowest BCUT2D eigenvalue weighted by Gasteiger charge is -2.53. The number of β-lactam (4-membered cyclic amide) rings is 1. The number of benzene rings is 2. The minimum atomic E-state index is -1.83. The van der Waals surface area contributed by atoms with E-state index < -0.39 is 41.5 Å². The van der Waals surface area contributed by atoms with Crippen LogP contribution in [0.2, 0.25) is 0 Å². The number of aromatic nitrogens is 1. The van der Waals surface area contributed by atoms with Crippen molar-refractivity contribution in [2.75, 3.05) is 11.9 Å². The van der Waals surface area contributed by atoms with Crippen molar-refractivity contribution in [3.8, 4) is 0 Å². The van der Waals surface area contributed by atoms with Gasteiger partial charge in [0, 0.05) is 12.6 Å². The van der Waals surface area contributed by atoms with E-state index in [9.17, 15) is 24.3 Å². The Bertz CT molecular complexity index is 1420. The van der Waals surface area contributed by atoms with Crippen LogP contribution in [0.4, 0.5) is 15.4 Å². The molecule has 1 saturated heterocycles. The maximum Gasteiger partial charge on any atom is 0.412 e. The number of unbranched alkanes of at least 4 members (excludes halogenated alkanes) is 3. The molecule has 1 fully saturated rings. The van der Waals surface area contributed by atoms with Gasteiger partial charge in [-0.25, -0.2) is 24.3 Å². The van der Waals surface area contributed by atoms with Crippen LogP contribution in [0.1, 0.15) is 62.3 Å². The van der Waals surface area contributed by atoms with Gasteiger partial charge in [0.25, 0.3) is 0 Å². The summed E-state index contributed by atoms with van der Waals surface area (Å²) in [7, 11) is 0. The molecule has 2 aromatic carbocycles. The molecule has 10 heteroatoms. The minimum absolute atomic E-state index is 0.0270. The Balaban J connectivity index is 1.54. The van der Waals surface area contributed by atoms with Gasteiger partial charge in [-0.05, 0) is 48.6 Å². The lowest BCUT2D eigenvalue weighted by Crippen LogP contribution is -2.78. The van der Waals surface area contributed by atoms with E-state index in [-0.39, 0.29) is 18.7 Å². The first kappa shape index (κ1) is 31.2. The number of amides is 4. The van der Waals surface area contributed by atoms with E-state index in [4.69, 9.17) is 4.74 Å². The largest absolute Gasteiger partial charge is 0.479 e. The third-order valence-corrected chi connectivity index (χ3v) is 7.75. The van der Waals surface area contributed by atoms with E-state index in [0.29, 0.717) is 17.7 Å². The molecule has 3 N–H and O–H groups in total. The predicted molar refractivity (Wildman–Crippen MR) is 161 cm³/mol. The number of anilines is 1. The van der Waals surface area contributed by atoms with E-state index in [2.05, 4.69) is 22.5 Å². The van der Waals surface area contributed by atoms with Gasteiger partial charge in [-0.15, -0.1) is 0 Å². The van der Waals surface area contributed by atoms with E-state index in [0.717, 1.165) is 36.1 Å². The van der Waals surface area contributed by atoms with Crippen LogP contribution >= 0.6 is 0 Å². The molecule has 0 unspecified atom stereocenters. The second kappa shape index (κ2) is 14.4. The highest BCUT2D eigenvalue weighted by atomic mass is 16.5. The van der Waals surface area contributed by atoms with E-state index in [1.165, 1.54) is 6.20 Å². The first-order valence-corrected chi connectivity index (χ1v) is 14.6. The molecule has 0 aliphatic carbocycles. The normalized spacial score (nSPS) is 18.3. The first-order chi connectivity index (χ1) is 20.8. The summed E-state index contributed by atoms with van der Waals surface area (Å²) >= 11 is 0. The number of imide groups is 1. The maximum absolute atomic E-state index is 13.6. The lowest BCUT2D eigenvalue weighted by atomic mass is 9.67. The standard InChI is InChI=1S/C33H38N4O6/c1-3-4-5-12-19-43-32(42)36-28-21-25(17-18-34-28)20-27-29(38)37(31(41)35-23(2)26-15-10-7-11-16-26)33(27,30(39)40)22-24-13-8-6-9-14-24/h6-11,13-18,21,23,27H,3-5,12,19-20,22H2,1-2H3,(H,35,41)(H,39,40)(H,34,36,42)/t23-,27+,33+/m1/s1. The second-order valence-corrected chi connectivity index (χ2v) is 10.8. The fourth-order valence-corrected chi connectivity index (χ4v) is 5.43. The number of aliphatic carboxylic acids is 1. The molecule has 1 aromatic heterocycles. The predicted octanol–water partition coefficient (Wildman–Crippen LogP) is 5.75. The molecule has 10 nitrogen and oxygen atoms in total. The molecular formula is C33H38N4O6. The van der Waals surface area contributed by atoms with Crippen molar-refractivity contribution in [2.24, 2.45) is 5.92 Å². The fraction of sp³-hybridized carbons (Fsp3) is 0.364. The van der Waals surface area contributed by atoms with E-state index >= 15 is 0 Å². The molecule has 226 valence electrons. The van der Waals surface area contributed by atoms with Gasteiger partial charge in [0.2, 0.25) is 5.91 Å². The average molecular weight is 587 g/mol. The summed E-state index contributed by atoms with van der Waals surface area (Å²) < 4.78 is 5.22. The summed E-state index contributed by atoms with van der Waals surface area (Å²) in [5, 5.41) is 16.0. The van der Waals surface area contributed by atoms with Gasteiger partial charge in [0.15, 0.2) is 5.54 Å². The summed E-state index contributed by atoms with van der Waals surface area (Å²) in [6, 6.07) is 20.2. The second-order valence-electron chi connectivity index (χ2n) is 10.8. The van der Waals surface area contributed by atoms with Crippen molar-refractivity contribution < 1.29 is 29.0 Å². The first-order valence-electron chi connectivity index (χ1n) is 14.6. The number of carboxylic acid groups (broad SMARTS) is 1. The molecule has 0 radical (unpaired) electrons. The Hall–Kier alpha value is -4.73. The SMILES string of the molecule is CCCCCCOC(=O)Nc1cc(C[C@H]2C(=O)N(C(=O)N[C@H](C)c3ccccc3)[C@]2(Cc2ccccc2)C(=O)O)ccn1. The highest BCUT2D eigenvalue weighted by Crippen LogP contribution is 2.43. The highest BCUT2D eigenvalue weighted by Gasteiger charge is 2.67. The van der Waals surface area contributed by atoms with Crippen LogP contribution in [0, 0.1) is 5.92 Å². The van der Waals surface area contributed by atoms with Gasteiger partial charge >= 0.3 is 18.1 Å². The number of ether oxygens (including phenoxy) is 1. The Labute approximate surface area is 251 Å².